The highest BCUT2D eigenvalue weighted by molar-refractivity contribution is 5.51. The molecule has 0 aromatic carbocycles. The zero-order chi connectivity index (χ0) is 7.94. The van der Waals surface area contributed by atoms with E-state index in [0.29, 0.717) is 6.61 Å². The summed E-state index contributed by atoms with van der Waals surface area (Å²) in [5, 5.41) is 0. The lowest BCUT2D eigenvalue weighted by atomic mass is 10.2. The summed E-state index contributed by atoms with van der Waals surface area (Å²) in [4.78, 5) is 2.81. The van der Waals surface area contributed by atoms with Crippen LogP contribution in [0.1, 0.15) is 19.3 Å². The molecular formula is C7H12N2O2. The largest absolute Gasteiger partial charge is 0.362 e. The van der Waals surface area contributed by atoms with E-state index < -0.39 is 0 Å². The van der Waals surface area contributed by atoms with Crippen molar-refractivity contribution in [3.05, 3.63) is 5.53 Å². The van der Waals surface area contributed by atoms with Crippen LogP contribution < -0.4 is 0 Å². The highest BCUT2D eigenvalue weighted by Gasteiger charge is 2.13. The highest BCUT2D eigenvalue weighted by atomic mass is 16.7. The van der Waals surface area contributed by atoms with E-state index in [2.05, 4.69) is 4.79 Å². The van der Waals surface area contributed by atoms with Gasteiger partial charge in [0.25, 0.3) is 6.21 Å². The average molecular weight is 156 g/mol. The highest BCUT2D eigenvalue weighted by Crippen LogP contribution is 2.12. The van der Waals surface area contributed by atoms with Crippen molar-refractivity contribution in [1.82, 2.24) is 0 Å². The van der Waals surface area contributed by atoms with E-state index in [0.717, 1.165) is 25.9 Å². The van der Waals surface area contributed by atoms with Crippen molar-refractivity contribution in [2.24, 2.45) is 0 Å². The van der Waals surface area contributed by atoms with Crippen molar-refractivity contribution >= 4 is 6.21 Å². The monoisotopic (exact) mass is 156 g/mol. The van der Waals surface area contributed by atoms with Crippen LogP contribution in [-0.4, -0.2) is 30.5 Å². The van der Waals surface area contributed by atoms with E-state index in [1.165, 1.54) is 6.21 Å². The lowest BCUT2D eigenvalue weighted by Gasteiger charge is -2.21. The van der Waals surface area contributed by atoms with Crippen molar-refractivity contribution in [3.8, 4) is 0 Å². The quantitative estimate of drug-likeness (QED) is 0.345. The minimum atomic E-state index is -0.0956. The Morgan fingerprint density at radius 3 is 3.18 bits per heavy atom. The number of hydrogen-bond acceptors (Lipinski definition) is 2. The number of rotatable bonds is 3. The second-order valence-corrected chi connectivity index (χ2v) is 2.43. The van der Waals surface area contributed by atoms with E-state index in [-0.39, 0.29) is 6.29 Å². The lowest BCUT2D eigenvalue weighted by Crippen LogP contribution is -2.22. The standard InChI is InChI=1S/C7H12N2O2/c8-9-4-6-11-7-3-1-2-5-10-7/h4,7H,1-3,5-6H2. The van der Waals surface area contributed by atoms with Crippen molar-refractivity contribution in [3.63, 3.8) is 0 Å². The molecule has 1 rings (SSSR count). The Hall–Kier alpha value is -0.700. The lowest BCUT2D eigenvalue weighted by molar-refractivity contribution is -0.156. The van der Waals surface area contributed by atoms with E-state index in [1.54, 1.807) is 0 Å². The fraction of sp³-hybridized carbons (Fsp3) is 0.857. The van der Waals surface area contributed by atoms with Crippen LogP contribution in [0, 0.1) is 0 Å². The minimum absolute atomic E-state index is 0.0956. The molecule has 1 fully saturated rings. The van der Waals surface area contributed by atoms with Gasteiger partial charge >= 0.3 is 0 Å². The number of nitrogens with zero attached hydrogens (tertiary/aromatic N) is 2. The molecule has 4 nitrogen and oxygen atoms in total. The third kappa shape index (κ3) is 3.28. The zero-order valence-electron chi connectivity index (χ0n) is 6.40. The second-order valence-electron chi connectivity index (χ2n) is 2.43. The predicted molar refractivity (Wildman–Crippen MR) is 39.2 cm³/mol. The normalized spacial score (nSPS) is 24.2. The zero-order valence-corrected chi connectivity index (χ0v) is 6.40. The van der Waals surface area contributed by atoms with Crippen molar-refractivity contribution in [2.45, 2.75) is 25.6 Å². The molecule has 1 aliphatic heterocycles. The van der Waals surface area contributed by atoms with Gasteiger partial charge in [-0.2, -0.15) is 4.79 Å². The summed E-state index contributed by atoms with van der Waals surface area (Å²) in [7, 11) is 0. The third-order valence-electron chi connectivity index (χ3n) is 1.58. The van der Waals surface area contributed by atoms with Crippen LogP contribution in [0.2, 0.25) is 0 Å². The minimum Gasteiger partial charge on any atom is -0.362 e. The summed E-state index contributed by atoms with van der Waals surface area (Å²) >= 11 is 0. The van der Waals surface area contributed by atoms with Gasteiger partial charge in [-0.25, -0.2) is 0 Å². The molecule has 0 spiro atoms. The summed E-state index contributed by atoms with van der Waals surface area (Å²) in [5.74, 6) is 0. The van der Waals surface area contributed by atoms with Gasteiger partial charge in [-0.3, -0.25) is 0 Å². The van der Waals surface area contributed by atoms with Crippen LogP contribution in [0.15, 0.2) is 0 Å². The number of ether oxygens (including phenoxy) is 2. The Kier molecular flexibility index (Phi) is 3.83. The molecule has 1 atom stereocenters. The van der Waals surface area contributed by atoms with E-state index in [4.69, 9.17) is 15.0 Å². The van der Waals surface area contributed by atoms with E-state index in [9.17, 15) is 0 Å². The van der Waals surface area contributed by atoms with Gasteiger partial charge in [-0.1, -0.05) is 0 Å². The summed E-state index contributed by atoms with van der Waals surface area (Å²) in [6, 6.07) is 0. The first-order valence-corrected chi connectivity index (χ1v) is 3.82. The molecular weight excluding hydrogens is 144 g/mol. The van der Waals surface area contributed by atoms with E-state index >= 15 is 0 Å². The summed E-state index contributed by atoms with van der Waals surface area (Å²) in [6.45, 7) is 1.10. The van der Waals surface area contributed by atoms with Gasteiger partial charge in [-0.15, -0.1) is 0 Å². The predicted octanol–water partition coefficient (Wildman–Crippen LogP) is 0.830. The Bertz CT molecular complexity index is 149. The average Bonchev–Trinajstić information content (AvgIpc) is 2.07. The second kappa shape index (κ2) is 5.02. The molecule has 0 bridgehead atoms. The Morgan fingerprint density at radius 1 is 1.64 bits per heavy atom. The molecule has 0 aliphatic carbocycles. The molecule has 4 heteroatoms. The van der Waals surface area contributed by atoms with Gasteiger partial charge in [-0.05, 0) is 19.3 Å². The number of hydrogen-bond donors (Lipinski definition) is 0. The van der Waals surface area contributed by atoms with Gasteiger partial charge in [0.15, 0.2) is 6.29 Å². The molecule has 0 radical (unpaired) electrons. The maximum Gasteiger partial charge on any atom is 0.282 e. The van der Waals surface area contributed by atoms with Crippen LogP contribution in [0.4, 0.5) is 0 Å². The summed E-state index contributed by atoms with van der Waals surface area (Å²) in [6.07, 6.45) is 4.42. The first-order chi connectivity index (χ1) is 5.43. The van der Waals surface area contributed by atoms with Gasteiger partial charge in [0.1, 0.15) is 6.61 Å². The van der Waals surface area contributed by atoms with Crippen molar-refractivity contribution < 1.29 is 14.3 Å². The molecule has 1 aliphatic rings. The van der Waals surface area contributed by atoms with Gasteiger partial charge < -0.3 is 15.0 Å². The van der Waals surface area contributed by atoms with Crippen molar-refractivity contribution in [2.75, 3.05) is 13.2 Å². The molecule has 0 saturated carbocycles. The van der Waals surface area contributed by atoms with Crippen LogP contribution in [-0.2, 0) is 9.47 Å². The molecule has 1 unspecified atom stereocenters. The molecule has 0 aromatic heterocycles. The van der Waals surface area contributed by atoms with Gasteiger partial charge in [0, 0.05) is 6.61 Å². The summed E-state index contributed by atoms with van der Waals surface area (Å²) in [5.41, 5.74) is 8.04. The topological polar surface area (TPSA) is 54.9 Å². The first kappa shape index (κ1) is 8.40. The van der Waals surface area contributed by atoms with E-state index in [1.807, 2.05) is 0 Å². The fourth-order valence-electron chi connectivity index (χ4n) is 1.03. The smallest absolute Gasteiger partial charge is 0.282 e. The third-order valence-corrected chi connectivity index (χ3v) is 1.58. The Labute approximate surface area is 65.7 Å². The molecule has 62 valence electrons. The first-order valence-electron chi connectivity index (χ1n) is 3.82. The molecule has 11 heavy (non-hydrogen) atoms. The fourth-order valence-corrected chi connectivity index (χ4v) is 1.03. The Morgan fingerprint density at radius 2 is 2.55 bits per heavy atom. The Balaban J connectivity index is 2.09. The van der Waals surface area contributed by atoms with Crippen LogP contribution in [0.5, 0.6) is 0 Å². The van der Waals surface area contributed by atoms with Crippen LogP contribution in [0.3, 0.4) is 0 Å². The summed E-state index contributed by atoms with van der Waals surface area (Å²) < 4.78 is 10.5. The van der Waals surface area contributed by atoms with Crippen LogP contribution >= 0.6 is 0 Å². The molecule has 1 saturated heterocycles. The van der Waals surface area contributed by atoms with Gasteiger partial charge in [0.2, 0.25) is 0 Å². The van der Waals surface area contributed by atoms with Crippen molar-refractivity contribution in [1.29, 1.82) is 0 Å². The maximum absolute atomic E-state index is 8.04. The van der Waals surface area contributed by atoms with Gasteiger partial charge in [0.05, 0.1) is 0 Å². The maximum atomic E-state index is 8.04. The molecule has 0 N–H and O–H groups in total. The van der Waals surface area contributed by atoms with Crippen LogP contribution in [0.25, 0.3) is 5.53 Å². The molecule has 0 aromatic rings. The molecule has 0 amide bonds. The SMILES string of the molecule is [N-]=[N+]=CCOC1CCCCO1. The molecule has 1 heterocycles.